The average molecular weight is 440 g/mol. The number of methoxy groups -OCH3 is 1. The minimum absolute atomic E-state index is 0.0181. The molecule has 1 aliphatic rings. The van der Waals surface area contributed by atoms with Gasteiger partial charge in [0.1, 0.15) is 5.75 Å². The molecule has 0 heterocycles. The molecule has 0 aliphatic heterocycles. The molecule has 3 unspecified atom stereocenters. The van der Waals surface area contributed by atoms with Gasteiger partial charge in [-0.05, 0) is 55.0 Å². The van der Waals surface area contributed by atoms with E-state index in [9.17, 15) is 9.90 Å². The van der Waals surface area contributed by atoms with Crippen LogP contribution < -0.4 is 5.32 Å². The Kier molecular flexibility index (Phi) is 8.32. The molecule has 32 heavy (non-hydrogen) atoms. The molecule has 0 spiro atoms. The Labute approximate surface area is 192 Å². The number of hydrogen-bond donors (Lipinski definition) is 2. The lowest BCUT2D eigenvalue weighted by molar-refractivity contribution is -0.148. The van der Waals surface area contributed by atoms with E-state index in [-0.39, 0.29) is 35.2 Å². The van der Waals surface area contributed by atoms with Crippen LogP contribution in [0, 0.1) is 5.92 Å². The molecule has 0 bridgehead atoms. The van der Waals surface area contributed by atoms with E-state index in [0.29, 0.717) is 19.6 Å². The Morgan fingerprint density at radius 2 is 1.88 bits per heavy atom. The van der Waals surface area contributed by atoms with Crippen molar-refractivity contribution in [2.75, 3.05) is 20.3 Å². The molecular formula is C27H37NO4. The molecule has 3 rings (SSSR count). The minimum atomic E-state index is -0.285. The zero-order valence-corrected chi connectivity index (χ0v) is 19.8. The number of carbonyl (C=O) groups is 1. The van der Waals surface area contributed by atoms with Crippen molar-refractivity contribution in [2.24, 2.45) is 5.92 Å². The number of esters is 1. The van der Waals surface area contributed by atoms with E-state index in [1.54, 1.807) is 13.2 Å². The molecule has 0 saturated carbocycles. The summed E-state index contributed by atoms with van der Waals surface area (Å²) < 4.78 is 11.4. The second kappa shape index (κ2) is 11.0. The monoisotopic (exact) mass is 439 g/mol. The van der Waals surface area contributed by atoms with Crippen LogP contribution in [0.5, 0.6) is 5.75 Å². The Morgan fingerprint density at radius 1 is 1.16 bits per heavy atom. The van der Waals surface area contributed by atoms with Crippen LogP contribution in [0.1, 0.15) is 50.3 Å². The van der Waals surface area contributed by atoms with Crippen LogP contribution >= 0.6 is 0 Å². The van der Waals surface area contributed by atoms with Gasteiger partial charge < -0.3 is 19.9 Å². The fourth-order valence-electron chi connectivity index (χ4n) is 5.35. The first-order valence-electron chi connectivity index (χ1n) is 11.8. The molecule has 5 nitrogen and oxygen atoms in total. The number of benzene rings is 2. The number of fused-ring (bicyclic) bond motifs is 1. The fraction of sp³-hybridized carbons (Fsp3) is 0.519. The first kappa shape index (κ1) is 24.3. The van der Waals surface area contributed by atoms with Crippen LogP contribution in [0.15, 0.2) is 48.5 Å². The van der Waals surface area contributed by atoms with Crippen LogP contribution in [-0.2, 0) is 32.5 Å². The molecule has 0 fully saturated rings. The standard InChI is InChI=1S/C27H37NO4/c1-5-27(6-2)23-17-22(29)14-13-20(23)16-24(31-4)25(27)28-18-21(26(30)32-7-3)15-19-11-9-8-10-12-19/h8-14,17,21,24-25,28-29H,5-7,15-16,18H2,1-4H3. The zero-order valence-electron chi connectivity index (χ0n) is 19.8. The van der Waals surface area contributed by atoms with Gasteiger partial charge in [0.15, 0.2) is 0 Å². The van der Waals surface area contributed by atoms with Gasteiger partial charge >= 0.3 is 5.97 Å². The lowest BCUT2D eigenvalue weighted by Crippen LogP contribution is -2.60. The number of carbonyl (C=O) groups excluding carboxylic acids is 1. The summed E-state index contributed by atoms with van der Waals surface area (Å²) in [5.41, 5.74) is 3.33. The van der Waals surface area contributed by atoms with Gasteiger partial charge in [0.05, 0.1) is 18.6 Å². The van der Waals surface area contributed by atoms with Crippen molar-refractivity contribution in [3.63, 3.8) is 0 Å². The predicted octanol–water partition coefficient (Wildman–Crippen LogP) is 4.40. The first-order valence-corrected chi connectivity index (χ1v) is 11.8. The molecule has 0 radical (unpaired) electrons. The first-order chi connectivity index (χ1) is 15.5. The van der Waals surface area contributed by atoms with Crippen LogP contribution in [0.4, 0.5) is 0 Å². The number of phenolic OH excluding ortho intramolecular Hbond substituents is 1. The van der Waals surface area contributed by atoms with Gasteiger partial charge in [0.2, 0.25) is 0 Å². The highest BCUT2D eigenvalue weighted by atomic mass is 16.5. The second-order valence-electron chi connectivity index (χ2n) is 8.71. The Morgan fingerprint density at radius 3 is 2.50 bits per heavy atom. The van der Waals surface area contributed by atoms with Gasteiger partial charge in [-0.1, -0.05) is 50.2 Å². The molecule has 2 N–H and O–H groups in total. The molecule has 174 valence electrons. The van der Waals surface area contributed by atoms with Gasteiger partial charge in [-0.15, -0.1) is 0 Å². The Balaban J connectivity index is 1.89. The van der Waals surface area contributed by atoms with Crippen LogP contribution in [0.25, 0.3) is 0 Å². The van der Waals surface area contributed by atoms with Crippen LogP contribution in [0.3, 0.4) is 0 Å². The molecule has 0 saturated heterocycles. The van der Waals surface area contributed by atoms with Crippen molar-refractivity contribution in [1.82, 2.24) is 5.32 Å². The van der Waals surface area contributed by atoms with Gasteiger partial charge in [0.25, 0.3) is 0 Å². The van der Waals surface area contributed by atoms with Gasteiger partial charge in [0, 0.05) is 31.5 Å². The van der Waals surface area contributed by atoms with Crippen molar-refractivity contribution < 1.29 is 19.4 Å². The quantitative estimate of drug-likeness (QED) is 0.537. The lowest BCUT2D eigenvalue weighted by atomic mass is 9.62. The number of ether oxygens (including phenoxy) is 2. The van der Waals surface area contributed by atoms with Crippen molar-refractivity contribution in [3.05, 3.63) is 65.2 Å². The summed E-state index contributed by atoms with van der Waals surface area (Å²) in [6.07, 6.45) is 3.18. The summed E-state index contributed by atoms with van der Waals surface area (Å²) in [5.74, 6) is -0.171. The number of hydrogen-bond acceptors (Lipinski definition) is 5. The highest BCUT2D eigenvalue weighted by Gasteiger charge is 2.47. The maximum absolute atomic E-state index is 12.8. The maximum Gasteiger partial charge on any atom is 0.310 e. The van der Waals surface area contributed by atoms with E-state index in [1.807, 2.05) is 49.4 Å². The molecule has 2 aromatic rings. The van der Waals surface area contributed by atoms with Gasteiger partial charge in [-0.3, -0.25) is 4.79 Å². The van der Waals surface area contributed by atoms with Crippen molar-refractivity contribution in [2.45, 2.75) is 64.0 Å². The molecule has 0 amide bonds. The molecule has 0 aromatic heterocycles. The van der Waals surface area contributed by atoms with Crippen molar-refractivity contribution >= 4 is 5.97 Å². The zero-order chi connectivity index (χ0) is 23.1. The summed E-state index contributed by atoms with van der Waals surface area (Å²) >= 11 is 0. The Bertz CT molecular complexity index is 878. The average Bonchev–Trinajstić information content (AvgIpc) is 2.81. The fourth-order valence-corrected chi connectivity index (χ4v) is 5.35. The van der Waals surface area contributed by atoms with E-state index in [0.717, 1.165) is 24.8 Å². The third-order valence-corrected chi connectivity index (χ3v) is 7.11. The minimum Gasteiger partial charge on any atom is -0.508 e. The van der Waals surface area contributed by atoms with E-state index >= 15 is 0 Å². The van der Waals surface area contributed by atoms with Crippen LogP contribution in [0.2, 0.25) is 0 Å². The number of nitrogens with one attached hydrogen (secondary N) is 1. The second-order valence-corrected chi connectivity index (χ2v) is 8.71. The SMILES string of the molecule is CCOC(=O)C(CNC1C(OC)Cc2ccc(O)cc2C1(CC)CC)Cc1ccccc1. The van der Waals surface area contributed by atoms with E-state index < -0.39 is 0 Å². The summed E-state index contributed by atoms with van der Waals surface area (Å²) in [6, 6.07) is 15.8. The van der Waals surface area contributed by atoms with Gasteiger partial charge in [-0.2, -0.15) is 0 Å². The maximum atomic E-state index is 12.8. The van der Waals surface area contributed by atoms with Crippen LogP contribution in [-0.4, -0.2) is 43.5 Å². The molecular weight excluding hydrogens is 402 g/mol. The van der Waals surface area contributed by atoms with E-state index in [4.69, 9.17) is 9.47 Å². The van der Waals surface area contributed by atoms with E-state index in [1.165, 1.54) is 11.1 Å². The molecule has 5 heteroatoms. The molecule has 3 atom stereocenters. The van der Waals surface area contributed by atoms with E-state index in [2.05, 4.69) is 19.2 Å². The topological polar surface area (TPSA) is 67.8 Å². The third-order valence-electron chi connectivity index (χ3n) is 7.11. The summed E-state index contributed by atoms with van der Waals surface area (Å²) in [5, 5.41) is 14.0. The predicted molar refractivity (Wildman–Crippen MR) is 127 cm³/mol. The van der Waals surface area contributed by atoms with Gasteiger partial charge in [-0.25, -0.2) is 0 Å². The highest BCUT2D eigenvalue weighted by molar-refractivity contribution is 5.73. The largest absolute Gasteiger partial charge is 0.508 e. The smallest absolute Gasteiger partial charge is 0.310 e. The summed E-state index contributed by atoms with van der Waals surface area (Å²) in [7, 11) is 1.76. The third kappa shape index (κ3) is 5.00. The number of phenols is 1. The molecule has 2 aromatic carbocycles. The van der Waals surface area contributed by atoms with Crippen molar-refractivity contribution in [1.29, 1.82) is 0 Å². The summed E-state index contributed by atoms with van der Waals surface area (Å²) in [6.45, 7) is 7.10. The molecule has 1 aliphatic carbocycles. The normalized spacial score (nSPS) is 20.4. The lowest BCUT2D eigenvalue weighted by Gasteiger charge is -2.49. The highest BCUT2D eigenvalue weighted by Crippen LogP contribution is 2.44. The number of rotatable bonds is 10. The Hall–Kier alpha value is -2.37. The number of aromatic hydroxyl groups is 1. The summed E-state index contributed by atoms with van der Waals surface area (Å²) in [4.78, 5) is 12.8. The van der Waals surface area contributed by atoms with Crippen molar-refractivity contribution in [3.8, 4) is 5.75 Å².